The van der Waals surface area contributed by atoms with E-state index < -0.39 is 0 Å². The first-order chi connectivity index (χ1) is 54.1. The minimum absolute atomic E-state index is 0.163. The fourth-order valence-corrected chi connectivity index (χ4v) is 20.2. The van der Waals surface area contributed by atoms with Crippen LogP contribution in [0.5, 0.6) is 0 Å². The van der Waals surface area contributed by atoms with Gasteiger partial charge in [-0.3, -0.25) is 9.13 Å². The van der Waals surface area contributed by atoms with Crippen molar-refractivity contribution in [3.63, 3.8) is 0 Å². The van der Waals surface area contributed by atoms with Crippen LogP contribution in [-0.2, 0) is 10.8 Å². The second-order valence-corrected chi connectivity index (χ2v) is 31.4. The highest BCUT2D eigenvalue weighted by molar-refractivity contribution is 6.29. The Bertz CT molecular complexity index is 7890. The van der Waals surface area contributed by atoms with Gasteiger partial charge in [-0.2, -0.15) is 0 Å². The molecule has 0 bridgehead atoms. The highest BCUT2D eigenvalue weighted by atomic mass is 15.2. The Morgan fingerprint density at radius 2 is 0.618 bits per heavy atom. The van der Waals surface area contributed by atoms with E-state index in [2.05, 4.69) is 364 Å². The van der Waals surface area contributed by atoms with Crippen molar-refractivity contribution >= 4 is 141 Å². The van der Waals surface area contributed by atoms with Gasteiger partial charge in [0.2, 0.25) is 11.9 Å². The Kier molecular flexibility index (Phi) is 12.4. The topological polar surface area (TPSA) is 61.4 Å². The van der Waals surface area contributed by atoms with Crippen molar-refractivity contribution in [3.8, 4) is 78.9 Å². The van der Waals surface area contributed by atoms with Crippen LogP contribution in [0.1, 0.15) is 49.9 Å². The van der Waals surface area contributed by atoms with Gasteiger partial charge >= 0.3 is 0 Å². The lowest BCUT2D eigenvalue weighted by Gasteiger charge is -2.26. The lowest BCUT2D eigenvalue weighted by atomic mass is 9.76. The van der Waals surface area contributed by atoms with Crippen molar-refractivity contribution in [2.45, 2.75) is 38.5 Å². The molecule has 2 aliphatic rings. The van der Waals surface area contributed by atoms with Crippen LogP contribution in [0.15, 0.2) is 328 Å². The van der Waals surface area contributed by atoms with Crippen LogP contribution < -0.4 is 0 Å². The molecule has 0 saturated heterocycles. The lowest BCUT2D eigenvalue weighted by molar-refractivity contribution is 0.666. The van der Waals surface area contributed by atoms with Crippen molar-refractivity contribution < 1.29 is 0 Å². The van der Waals surface area contributed by atoms with E-state index in [9.17, 15) is 0 Å². The first-order valence-corrected chi connectivity index (χ1v) is 38.3. The average molecular weight is 1400 g/mol. The van der Waals surface area contributed by atoms with Crippen molar-refractivity contribution in [2.24, 2.45) is 0 Å². The summed E-state index contributed by atoms with van der Waals surface area (Å²) in [6.45, 7) is 9.64. The number of aromatic nitrogens is 6. The number of benzene rings is 18. The summed E-state index contributed by atoms with van der Waals surface area (Å²) in [7, 11) is 0. The molecule has 6 heteroatoms. The fraction of sp³-hybridized carbons (Fsp3) is 0.0577. The fourth-order valence-electron chi connectivity index (χ4n) is 20.2. The van der Waals surface area contributed by atoms with Crippen molar-refractivity contribution in [1.29, 1.82) is 0 Å². The van der Waals surface area contributed by atoms with Gasteiger partial charge in [0.15, 0.2) is 0 Å². The van der Waals surface area contributed by atoms with Crippen molar-refractivity contribution in [1.82, 2.24) is 29.1 Å². The van der Waals surface area contributed by atoms with Crippen molar-refractivity contribution in [2.75, 3.05) is 0 Å². The van der Waals surface area contributed by atoms with Crippen LogP contribution in [0.2, 0.25) is 0 Å². The van der Waals surface area contributed by atoms with E-state index in [4.69, 9.17) is 19.9 Å². The molecule has 0 spiro atoms. The molecular formula is C104H66N6. The SMILES string of the molecule is CC1(C)c2ccccc2-c2ccc3cc4c(cc3c21)c1ccccc1n4-c1nc(-c2ccc(-c3ccc4c(-c5cccc6c5C(C)(C)c5c-6ccc6cc7c(cc56)c5ccccc5n7-c5nc(-c6ccccc6)c6c7ccccc7c7ccccc7c6n5)cccc4c3)cc2)c2c3ccccc3c3ccccc3c2n1. The second kappa shape index (κ2) is 22.3. The summed E-state index contributed by atoms with van der Waals surface area (Å²) in [5, 5.41) is 23.3. The zero-order chi connectivity index (χ0) is 72.6. The van der Waals surface area contributed by atoms with Gasteiger partial charge in [-0.25, -0.2) is 19.9 Å². The van der Waals surface area contributed by atoms with E-state index in [1.807, 2.05) is 0 Å². The Balaban J connectivity index is 0.618. The maximum Gasteiger partial charge on any atom is 0.235 e. The van der Waals surface area contributed by atoms with E-state index in [1.165, 1.54) is 126 Å². The number of fused-ring (bicyclic) bond motifs is 29. The third-order valence-corrected chi connectivity index (χ3v) is 25.0. The van der Waals surface area contributed by atoms with Crippen LogP contribution in [-0.4, -0.2) is 29.1 Å². The highest BCUT2D eigenvalue weighted by Crippen LogP contribution is 2.57. The first-order valence-electron chi connectivity index (χ1n) is 38.3. The zero-order valence-electron chi connectivity index (χ0n) is 60.9. The molecule has 0 atom stereocenters. The molecule has 0 saturated carbocycles. The normalized spacial score (nSPS) is 13.6. The quantitative estimate of drug-likeness (QED) is 0.156. The molecule has 0 radical (unpaired) electrons. The maximum atomic E-state index is 5.82. The number of rotatable bonds is 6. The van der Waals surface area contributed by atoms with E-state index in [-0.39, 0.29) is 10.8 Å². The summed E-state index contributed by atoms with van der Waals surface area (Å²) < 4.78 is 4.63. The number of hydrogen-bond donors (Lipinski definition) is 0. The summed E-state index contributed by atoms with van der Waals surface area (Å²) >= 11 is 0. The average Bonchev–Trinajstić information content (AvgIpc) is 1.44. The Morgan fingerprint density at radius 1 is 0.218 bits per heavy atom. The smallest absolute Gasteiger partial charge is 0.235 e. The number of hydrogen-bond acceptors (Lipinski definition) is 4. The standard InChI is InChI=1S/C104H66N6/c1-103(2)87-41-19-16-31-72(87)79-52-49-64-55-90-85(57-83(64)95(79)103)73-32-17-20-42-88(73)110(90)102-106-98(93-76-35-13-9-28-69(76)71-30-11-15-37-82(71)100(93)108-102)61-46-44-59(45-47-61)62-48-51-66-63(54-62)26-22-38-67(66)77-39-23-40-78-80-53-50-65-56-91-86(58-84(65)96(80)104(3,4)94(77)78)74-33-18-21-43-89(74)109(91)101-105-97(60-24-6-5-7-25-60)92-75-34-12-8-27-68(75)70-29-10-14-36-81(70)99(92)107-101/h5-58H,1-4H3. The van der Waals surface area contributed by atoms with Crippen LogP contribution in [0.3, 0.4) is 0 Å². The molecular weight excluding hydrogens is 1330 g/mol. The van der Waals surface area contributed by atoms with Crippen LogP contribution in [0.25, 0.3) is 220 Å². The molecule has 4 aromatic heterocycles. The monoisotopic (exact) mass is 1400 g/mol. The van der Waals surface area contributed by atoms with Gasteiger partial charge in [0, 0.05) is 65.0 Å². The summed E-state index contributed by atoms with van der Waals surface area (Å²) in [6, 6.07) is 121. The molecule has 0 unspecified atom stereocenters. The lowest BCUT2D eigenvalue weighted by Crippen LogP contribution is -2.17. The second-order valence-electron chi connectivity index (χ2n) is 31.4. The highest BCUT2D eigenvalue weighted by Gasteiger charge is 2.41. The molecule has 6 nitrogen and oxygen atoms in total. The van der Waals surface area contributed by atoms with Crippen LogP contribution >= 0.6 is 0 Å². The molecule has 110 heavy (non-hydrogen) atoms. The number of nitrogens with zero attached hydrogens (tertiary/aromatic N) is 6. The Labute approximate surface area is 633 Å². The third-order valence-electron chi connectivity index (χ3n) is 25.0. The third kappa shape index (κ3) is 8.36. The summed E-state index contributed by atoms with van der Waals surface area (Å²) in [4.78, 5) is 22.9. The Hall–Kier alpha value is -13.9. The molecule has 18 aromatic carbocycles. The molecule has 0 amide bonds. The van der Waals surface area contributed by atoms with E-state index in [0.29, 0.717) is 11.9 Å². The van der Waals surface area contributed by atoms with E-state index in [1.54, 1.807) is 0 Å². The Morgan fingerprint density at radius 3 is 1.19 bits per heavy atom. The molecule has 512 valence electrons. The van der Waals surface area contributed by atoms with Crippen LogP contribution in [0.4, 0.5) is 0 Å². The molecule has 0 aliphatic heterocycles. The molecule has 24 rings (SSSR count). The molecule has 4 heterocycles. The van der Waals surface area contributed by atoms with Gasteiger partial charge in [-0.15, -0.1) is 0 Å². The van der Waals surface area contributed by atoms with Gasteiger partial charge in [0.25, 0.3) is 0 Å². The van der Waals surface area contributed by atoms with Crippen LogP contribution in [0, 0.1) is 0 Å². The maximum absolute atomic E-state index is 5.82. The summed E-state index contributed by atoms with van der Waals surface area (Å²) in [5.74, 6) is 1.29. The van der Waals surface area contributed by atoms with E-state index >= 15 is 0 Å². The first kappa shape index (κ1) is 61.2. The van der Waals surface area contributed by atoms with Gasteiger partial charge < -0.3 is 0 Å². The van der Waals surface area contributed by atoms with Gasteiger partial charge in [-0.05, 0) is 174 Å². The minimum Gasteiger partial charge on any atom is -0.278 e. The van der Waals surface area contributed by atoms with Crippen molar-refractivity contribution in [3.05, 3.63) is 350 Å². The van der Waals surface area contributed by atoms with Gasteiger partial charge in [-0.1, -0.05) is 313 Å². The summed E-state index contributed by atoms with van der Waals surface area (Å²) in [5.41, 5.74) is 24.9. The summed E-state index contributed by atoms with van der Waals surface area (Å²) in [6.07, 6.45) is 0. The zero-order valence-corrected chi connectivity index (χ0v) is 60.9. The molecule has 0 fully saturated rings. The predicted molar refractivity (Wildman–Crippen MR) is 461 cm³/mol. The largest absolute Gasteiger partial charge is 0.278 e. The molecule has 22 aromatic rings. The van der Waals surface area contributed by atoms with E-state index in [0.717, 1.165) is 104 Å². The number of para-hydroxylation sites is 2. The van der Waals surface area contributed by atoms with Gasteiger partial charge in [0.1, 0.15) is 0 Å². The molecule has 0 N–H and O–H groups in total. The predicted octanol–water partition coefficient (Wildman–Crippen LogP) is 27.1. The van der Waals surface area contributed by atoms with Gasteiger partial charge in [0.05, 0.1) is 44.5 Å². The molecule has 2 aliphatic carbocycles. The minimum atomic E-state index is -0.369.